The van der Waals surface area contributed by atoms with Crippen molar-refractivity contribution in [2.45, 2.75) is 98.5 Å². The molecule has 0 saturated heterocycles. The van der Waals surface area contributed by atoms with Crippen molar-refractivity contribution in [3.05, 3.63) is 23.3 Å². The van der Waals surface area contributed by atoms with E-state index >= 15 is 0 Å². The molecule has 3 fully saturated rings. The first-order chi connectivity index (χ1) is 12.8. The summed E-state index contributed by atoms with van der Waals surface area (Å²) in [4.78, 5) is 0. The molecule has 0 aromatic rings. The molecule has 0 aromatic heterocycles. The topological polar surface area (TPSA) is 20.2 Å². The van der Waals surface area contributed by atoms with Gasteiger partial charge in [0.05, 0.1) is 6.10 Å². The summed E-state index contributed by atoms with van der Waals surface area (Å²) in [5, 5.41) is 10.2. The quantitative estimate of drug-likeness (QED) is 0.535. The molecular formula is C26H42O. The Hall–Kier alpha value is -0.560. The fourth-order valence-electron chi connectivity index (χ4n) is 8.05. The van der Waals surface area contributed by atoms with E-state index in [-0.39, 0.29) is 6.10 Å². The molecule has 0 amide bonds. The van der Waals surface area contributed by atoms with Crippen molar-refractivity contribution in [2.75, 3.05) is 0 Å². The van der Waals surface area contributed by atoms with Gasteiger partial charge in [0.25, 0.3) is 0 Å². The summed E-state index contributed by atoms with van der Waals surface area (Å²) >= 11 is 0. The molecule has 0 spiro atoms. The van der Waals surface area contributed by atoms with Crippen molar-refractivity contribution in [1.82, 2.24) is 0 Å². The van der Waals surface area contributed by atoms with Crippen molar-refractivity contribution in [3.63, 3.8) is 0 Å². The van der Waals surface area contributed by atoms with Gasteiger partial charge in [-0.1, -0.05) is 44.1 Å². The molecule has 4 aliphatic carbocycles. The van der Waals surface area contributed by atoms with E-state index in [2.05, 4.69) is 46.8 Å². The molecule has 0 bridgehead atoms. The largest absolute Gasteiger partial charge is 0.393 e. The third-order valence-corrected chi connectivity index (χ3v) is 9.71. The summed E-state index contributed by atoms with van der Waals surface area (Å²) in [6, 6.07) is 0. The highest BCUT2D eigenvalue weighted by molar-refractivity contribution is 5.27. The van der Waals surface area contributed by atoms with Crippen LogP contribution in [0.4, 0.5) is 0 Å². The molecule has 1 heteroatoms. The molecule has 4 rings (SSSR count). The van der Waals surface area contributed by atoms with E-state index in [1.807, 2.05) is 5.57 Å². The van der Waals surface area contributed by atoms with Crippen LogP contribution in [-0.4, -0.2) is 11.2 Å². The molecule has 3 saturated carbocycles. The van der Waals surface area contributed by atoms with Gasteiger partial charge in [-0.15, -0.1) is 0 Å². The van der Waals surface area contributed by atoms with Crippen LogP contribution in [0.15, 0.2) is 23.3 Å². The summed E-state index contributed by atoms with van der Waals surface area (Å²) in [6.07, 6.45) is 16.6. The number of hydrogen-bond acceptors (Lipinski definition) is 1. The molecule has 0 aromatic carbocycles. The van der Waals surface area contributed by atoms with Crippen molar-refractivity contribution in [2.24, 2.45) is 40.4 Å². The molecule has 0 radical (unpaired) electrons. The van der Waals surface area contributed by atoms with E-state index in [1.165, 1.54) is 50.5 Å². The monoisotopic (exact) mass is 370 g/mol. The van der Waals surface area contributed by atoms with E-state index in [0.29, 0.717) is 16.7 Å². The lowest BCUT2D eigenvalue weighted by molar-refractivity contribution is -0.0424. The predicted octanol–water partition coefficient (Wildman–Crippen LogP) is 6.92. The van der Waals surface area contributed by atoms with Gasteiger partial charge in [-0.25, -0.2) is 0 Å². The zero-order chi connectivity index (χ0) is 19.4. The zero-order valence-electron chi connectivity index (χ0n) is 18.4. The maximum atomic E-state index is 10.2. The Morgan fingerprint density at radius 2 is 1.81 bits per heavy atom. The van der Waals surface area contributed by atoms with Crippen LogP contribution >= 0.6 is 0 Å². The van der Waals surface area contributed by atoms with Crippen molar-refractivity contribution in [3.8, 4) is 0 Å². The van der Waals surface area contributed by atoms with Gasteiger partial charge in [-0.3, -0.25) is 0 Å². The molecule has 0 aliphatic heterocycles. The lowest BCUT2D eigenvalue weighted by Gasteiger charge is -2.57. The minimum atomic E-state index is -0.0429. The molecule has 1 N–H and O–H groups in total. The second-order valence-electron chi connectivity index (χ2n) is 11.4. The minimum absolute atomic E-state index is 0.0429. The van der Waals surface area contributed by atoms with Crippen molar-refractivity contribution in [1.29, 1.82) is 0 Å². The highest BCUT2D eigenvalue weighted by atomic mass is 16.3. The van der Waals surface area contributed by atoms with Gasteiger partial charge in [-0.2, -0.15) is 0 Å². The minimum Gasteiger partial charge on any atom is -0.393 e. The predicted molar refractivity (Wildman–Crippen MR) is 114 cm³/mol. The Labute approximate surface area is 167 Å². The maximum absolute atomic E-state index is 10.2. The van der Waals surface area contributed by atoms with Crippen LogP contribution in [0, 0.1) is 40.4 Å². The standard InChI is InChI=1S/C26H42O/c1-17(2)6-7-18(3)22-10-11-23-21-9-8-19-16-20(27)12-14-25(19,4)24(21)13-15-26(22,23)5/h6,9,18-20,22-24,27H,7-8,10-16H2,1-5H3. The lowest BCUT2D eigenvalue weighted by atomic mass is 9.47. The maximum Gasteiger partial charge on any atom is 0.0543 e. The number of aliphatic hydroxyl groups is 1. The van der Waals surface area contributed by atoms with Gasteiger partial charge in [0.15, 0.2) is 0 Å². The molecule has 27 heavy (non-hydrogen) atoms. The summed E-state index contributed by atoms with van der Waals surface area (Å²) < 4.78 is 0. The fraction of sp³-hybridized carbons (Fsp3) is 0.846. The Kier molecular flexibility index (Phi) is 5.15. The van der Waals surface area contributed by atoms with Crippen LogP contribution < -0.4 is 0 Å². The van der Waals surface area contributed by atoms with E-state index in [0.717, 1.165) is 36.5 Å². The van der Waals surface area contributed by atoms with Gasteiger partial charge in [0.1, 0.15) is 0 Å². The van der Waals surface area contributed by atoms with E-state index in [1.54, 1.807) is 0 Å². The molecule has 4 aliphatic rings. The number of allylic oxidation sites excluding steroid dienone is 4. The van der Waals surface area contributed by atoms with E-state index in [9.17, 15) is 5.11 Å². The first-order valence-corrected chi connectivity index (χ1v) is 11.8. The SMILES string of the molecule is CC(C)=CCC(C)C1CCC2C3=CCC4CC(O)CCC4(C)C3CCC21C. The number of fused-ring (bicyclic) bond motifs is 5. The second kappa shape index (κ2) is 7.05. The van der Waals surface area contributed by atoms with Crippen LogP contribution in [0.25, 0.3) is 0 Å². The Morgan fingerprint density at radius 1 is 1.11 bits per heavy atom. The van der Waals surface area contributed by atoms with Crippen LogP contribution in [0.1, 0.15) is 92.4 Å². The summed E-state index contributed by atoms with van der Waals surface area (Å²) in [7, 11) is 0. The van der Waals surface area contributed by atoms with Crippen molar-refractivity contribution < 1.29 is 5.11 Å². The van der Waals surface area contributed by atoms with Crippen LogP contribution in [-0.2, 0) is 0 Å². The molecule has 0 heterocycles. The van der Waals surface area contributed by atoms with Gasteiger partial charge < -0.3 is 5.11 Å². The smallest absolute Gasteiger partial charge is 0.0543 e. The van der Waals surface area contributed by atoms with Gasteiger partial charge in [-0.05, 0) is 112 Å². The van der Waals surface area contributed by atoms with Gasteiger partial charge in [0.2, 0.25) is 0 Å². The molecular weight excluding hydrogens is 328 g/mol. The third-order valence-electron chi connectivity index (χ3n) is 9.71. The van der Waals surface area contributed by atoms with Gasteiger partial charge >= 0.3 is 0 Å². The molecule has 8 unspecified atom stereocenters. The lowest BCUT2D eigenvalue weighted by Crippen LogP contribution is -2.49. The number of hydrogen-bond donors (Lipinski definition) is 1. The second-order valence-corrected chi connectivity index (χ2v) is 11.4. The highest BCUT2D eigenvalue weighted by Crippen LogP contribution is 2.66. The van der Waals surface area contributed by atoms with Crippen LogP contribution in [0.3, 0.4) is 0 Å². The third kappa shape index (κ3) is 3.17. The first kappa shape index (κ1) is 19.7. The van der Waals surface area contributed by atoms with E-state index < -0.39 is 0 Å². The number of rotatable bonds is 3. The van der Waals surface area contributed by atoms with Crippen molar-refractivity contribution >= 4 is 0 Å². The molecule has 8 atom stereocenters. The average Bonchev–Trinajstić information content (AvgIpc) is 2.97. The molecule has 152 valence electrons. The molecule has 1 nitrogen and oxygen atoms in total. The Balaban J connectivity index is 1.57. The zero-order valence-corrected chi connectivity index (χ0v) is 18.4. The highest BCUT2D eigenvalue weighted by Gasteiger charge is 2.57. The average molecular weight is 371 g/mol. The van der Waals surface area contributed by atoms with Gasteiger partial charge in [0, 0.05) is 0 Å². The summed E-state index contributed by atoms with van der Waals surface area (Å²) in [5.74, 6) is 4.05. The fourth-order valence-corrected chi connectivity index (χ4v) is 8.05. The van der Waals surface area contributed by atoms with Crippen LogP contribution in [0.5, 0.6) is 0 Å². The number of aliphatic hydroxyl groups excluding tert-OH is 1. The summed E-state index contributed by atoms with van der Waals surface area (Å²) in [5.41, 5.74) is 4.31. The Morgan fingerprint density at radius 3 is 2.56 bits per heavy atom. The van der Waals surface area contributed by atoms with E-state index in [4.69, 9.17) is 0 Å². The summed E-state index contributed by atoms with van der Waals surface area (Å²) in [6.45, 7) is 12.2. The van der Waals surface area contributed by atoms with Crippen LogP contribution in [0.2, 0.25) is 0 Å². The first-order valence-electron chi connectivity index (χ1n) is 11.8. The Bertz CT molecular complexity index is 626. The normalized spacial score (nSPS) is 47.3.